The first-order chi connectivity index (χ1) is 12.6. The molecule has 0 fully saturated rings. The minimum Gasteiger partial charge on any atom is -0.507 e. The van der Waals surface area contributed by atoms with Crippen LogP contribution in [0.3, 0.4) is 0 Å². The van der Waals surface area contributed by atoms with Crippen LogP contribution in [0.25, 0.3) is 0 Å². The number of anilines is 1. The van der Waals surface area contributed by atoms with Crippen molar-refractivity contribution in [3.05, 3.63) is 58.7 Å². The third-order valence-corrected chi connectivity index (χ3v) is 4.46. The second-order valence-electron chi connectivity index (χ2n) is 8.95. The highest BCUT2D eigenvalue weighted by atomic mass is 19.4. The number of aromatic hydroxyl groups is 1. The van der Waals surface area contributed by atoms with Crippen LogP contribution < -0.4 is 5.32 Å². The predicted molar refractivity (Wildman–Crippen MR) is 105 cm³/mol. The largest absolute Gasteiger partial charge is 0.507 e. The third-order valence-electron chi connectivity index (χ3n) is 4.46. The zero-order valence-corrected chi connectivity index (χ0v) is 17.0. The summed E-state index contributed by atoms with van der Waals surface area (Å²) in [6.45, 7) is 11.6. The van der Waals surface area contributed by atoms with Crippen molar-refractivity contribution in [1.29, 1.82) is 0 Å². The van der Waals surface area contributed by atoms with Crippen LogP contribution in [0, 0.1) is 0 Å². The summed E-state index contributed by atoms with van der Waals surface area (Å²) < 4.78 is 38.1. The Hall–Kier alpha value is -2.50. The fraction of sp³-hybridized carbons (Fsp3) is 0.409. The third kappa shape index (κ3) is 4.86. The second kappa shape index (κ2) is 7.15. The molecule has 2 N–H and O–H groups in total. The molecule has 3 nitrogen and oxygen atoms in total. The maximum Gasteiger partial charge on any atom is 0.416 e. The van der Waals surface area contributed by atoms with Crippen molar-refractivity contribution in [3.63, 3.8) is 0 Å². The van der Waals surface area contributed by atoms with Crippen LogP contribution in [0.2, 0.25) is 0 Å². The summed E-state index contributed by atoms with van der Waals surface area (Å²) >= 11 is 0. The standard InChI is InChI=1S/C22H26F3NO2/c1-20(2,3)16-11-13(12-17(18(16)27)21(4,5)6)19(28)26-15-9-7-14(8-10-15)22(23,24)25/h7-12,27H,1-6H3,(H,26,28). The number of amides is 1. The Kier molecular flexibility index (Phi) is 5.57. The van der Waals surface area contributed by atoms with Crippen LogP contribution in [-0.2, 0) is 17.0 Å². The van der Waals surface area contributed by atoms with Crippen molar-refractivity contribution in [1.82, 2.24) is 0 Å². The first-order valence-corrected chi connectivity index (χ1v) is 8.97. The molecule has 0 spiro atoms. The van der Waals surface area contributed by atoms with E-state index in [1.54, 1.807) is 12.1 Å². The van der Waals surface area contributed by atoms with Crippen molar-refractivity contribution in [2.45, 2.75) is 58.5 Å². The molecule has 0 heterocycles. The van der Waals surface area contributed by atoms with E-state index in [1.807, 2.05) is 41.5 Å². The Morgan fingerprint density at radius 1 is 0.857 bits per heavy atom. The molecule has 0 atom stereocenters. The number of hydrogen-bond donors (Lipinski definition) is 2. The van der Waals surface area contributed by atoms with Crippen molar-refractivity contribution in [3.8, 4) is 5.75 Å². The molecule has 0 saturated carbocycles. The molecule has 152 valence electrons. The van der Waals surface area contributed by atoms with E-state index in [0.717, 1.165) is 12.1 Å². The number of phenols is 1. The summed E-state index contributed by atoms with van der Waals surface area (Å²) in [7, 11) is 0. The molecule has 28 heavy (non-hydrogen) atoms. The number of rotatable bonds is 2. The quantitative estimate of drug-likeness (QED) is 0.633. The Balaban J connectivity index is 2.42. The Labute approximate surface area is 163 Å². The minimum absolute atomic E-state index is 0.158. The molecule has 0 aliphatic rings. The average molecular weight is 393 g/mol. The molecule has 0 aliphatic heterocycles. The Morgan fingerprint density at radius 3 is 1.64 bits per heavy atom. The first-order valence-electron chi connectivity index (χ1n) is 8.97. The Morgan fingerprint density at radius 2 is 1.29 bits per heavy atom. The molecule has 0 radical (unpaired) electrons. The lowest BCUT2D eigenvalue weighted by Crippen LogP contribution is -2.20. The van der Waals surface area contributed by atoms with E-state index in [4.69, 9.17) is 0 Å². The maximum atomic E-state index is 12.8. The molecular weight excluding hydrogens is 367 g/mol. The molecule has 2 aromatic carbocycles. The van der Waals surface area contributed by atoms with Gasteiger partial charge in [0.25, 0.3) is 5.91 Å². The fourth-order valence-corrected chi connectivity index (χ4v) is 2.85. The van der Waals surface area contributed by atoms with Crippen LogP contribution in [-0.4, -0.2) is 11.0 Å². The number of phenolic OH excluding ortho intramolecular Hbond substituents is 1. The summed E-state index contributed by atoms with van der Waals surface area (Å²) in [5.41, 5.74) is 0.312. The molecule has 0 aromatic heterocycles. The Bertz CT molecular complexity index is 836. The van der Waals surface area contributed by atoms with Gasteiger partial charge in [0.2, 0.25) is 0 Å². The zero-order chi connectivity index (χ0) is 21.5. The van der Waals surface area contributed by atoms with Crippen LogP contribution in [0.5, 0.6) is 5.75 Å². The van der Waals surface area contributed by atoms with Gasteiger partial charge in [0, 0.05) is 22.4 Å². The number of hydrogen-bond acceptors (Lipinski definition) is 2. The van der Waals surface area contributed by atoms with Crippen LogP contribution in [0.1, 0.15) is 68.6 Å². The number of carbonyl (C=O) groups excluding carboxylic acids is 1. The van der Waals surface area contributed by atoms with Gasteiger partial charge in [0.05, 0.1) is 5.56 Å². The van der Waals surface area contributed by atoms with E-state index in [-0.39, 0.29) is 11.4 Å². The monoisotopic (exact) mass is 393 g/mol. The summed E-state index contributed by atoms with van der Waals surface area (Å²) in [5.74, 6) is -0.290. The molecule has 0 saturated heterocycles. The van der Waals surface area contributed by atoms with Crippen molar-refractivity contribution >= 4 is 11.6 Å². The number of benzene rings is 2. The van der Waals surface area contributed by atoms with Crippen molar-refractivity contribution < 1.29 is 23.1 Å². The highest BCUT2D eigenvalue weighted by molar-refractivity contribution is 6.04. The highest BCUT2D eigenvalue weighted by Gasteiger charge is 2.30. The SMILES string of the molecule is CC(C)(C)c1cc(C(=O)Nc2ccc(C(F)(F)F)cc2)cc(C(C)(C)C)c1O. The van der Waals surface area contributed by atoms with E-state index >= 15 is 0 Å². The van der Waals surface area contributed by atoms with Crippen LogP contribution in [0.4, 0.5) is 18.9 Å². The van der Waals surface area contributed by atoms with E-state index in [9.17, 15) is 23.1 Å². The van der Waals surface area contributed by atoms with Gasteiger partial charge in [0.15, 0.2) is 0 Å². The molecule has 2 rings (SSSR count). The van der Waals surface area contributed by atoms with E-state index < -0.39 is 28.5 Å². The average Bonchev–Trinajstić information content (AvgIpc) is 2.52. The summed E-state index contributed by atoms with van der Waals surface area (Å²) in [4.78, 5) is 12.8. The predicted octanol–water partition coefficient (Wildman–Crippen LogP) is 6.26. The smallest absolute Gasteiger partial charge is 0.416 e. The molecule has 0 unspecified atom stereocenters. The van der Waals surface area contributed by atoms with Crippen LogP contribution in [0.15, 0.2) is 36.4 Å². The zero-order valence-electron chi connectivity index (χ0n) is 17.0. The second-order valence-corrected chi connectivity index (χ2v) is 8.95. The van der Waals surface area contributed by atoms with Crippen molar-refractivity contribution in [2.24, 2.45) is 0 Å². The molecule has 2 aromatic rings. The maximum absolute atomic E-state index is 12.8. The summed E-state index contributed by atoms with van der Waals surface area (Å²) in [5, 5.41) is 13.4. The van der Waals surface area contributed by atoms with E-state index in [1.165, 1.54) is 12.1 Å². The van der Waals surface area contributed by atoms with Crippen molar-refractivity contribution in [2.75, 3.05) is 5.32 Å². The van der Waals surface area contributed by atoms with Gasteiger partial charge in [-0.25, -0.2) is 0 Å². The van der Waals surface area contributed by atoms with Gasteiger partial charge in [0.1, 0.15) is 5.75 Å². The van der Waals surface area contributed by atoms with Gasteiger partial charge in [-0.15, -0.1) is 0 Å². The first kappa shape index (κ1) is 21.8. The molecule has 0 bridgehead atoms. The van der Waals surface area contributed by atoms with Crippen LogP contribution >= 0.6 is 0 Å². The van der Waals surface area contributed by atoms with E-state index in [0.29, 0.717) is 16.7 Å². The van der Waals surface area contributed by atoms with Gasteiger partial charge < -0.3 is 10.4 Å². The lowest BCUT2D eigenvalue weighted by molar-refractivity contribution is -0.137. The normalized spacial score (nSPS) is 12.8. The summed E-state index contributed by atoms with van der Waals surface area (Å²) in [6.07, 6.45) is -4.43. The lowest BCUT2D eigenvalue weighted by atomic mass is 9.78. The molecule has 0 aliphatic carbocycles. The van der Waals surface area contributed by atoms with Gasteiger partial charge in [-0.2, -0.15) is 13.2 Å². The highest BCUT2D eigenvalue weighted by Crippen LogP contribution is 2.40. The number of carbonyl (C=O) groups is 1. The van der Waals surface area contributed by atoms with Gasteiger partial charge in [-0.3, -0.25) is 4.79 Å². The molecule has 6 heteroatoms. The fourth-order valence-electron chi connectivity index (χ4n) is 2.85. The van der Waals surface area contributed by atoms with E-state index in [2.05, 4.69) is 5.32 Å². The number of halogens is 3. The number of alkyl halides is 3. The minimum atomic E-state index is -4.43. The topological polar surface area (TPSA) is 49.3 Å². The van der Waals surface area contributed by atoms with Gasteiger partial charge in [-0.05, 0) is 47.2 Å². The lowest BCUT2D eigenvalue weighted by Gasteiger charge is -2.28. The molecule has 1 amide bonds. The molecular formula is C22H26F3NO2. The van der Waals surface area contributed by atoms with Gasteiger partial charge >= 0.3 is 6.18 Å². The van der Waals surface area contributed by atoms with Gasteiger partial charge in [-0.1, -0.05) is 41.5 Å². The summed E-state index contributed by atoms with van der Waals surface area (Å²) in [6, 6.07) is 7.54. The number of nitrogens with one attached hydrogen (secondary N) is 1.